The molecule has 1 heterocycles. The lowest BCUT2D eigenvalue weighted by Gasteiger charge is -2.29. The van der Waals surface area contributed by atoms with E-state index >= 15 is 0 Å². The molecule has 1 aromatic carbocycles. The zero-order valence-corrected chi connectivity index (χ0v) is 13.1. The third-order valence-corrected chi connectivity index (χ3v) is 5.59. The summed E-state index contributed by atoms with van der Waals surface area (Å²) in [4.78, 5) is 22.1. The zero-order chi connectivity index (χ0) is 16.5. The molecule has 22 heavy (non-hydrogen) atoms. The number of amides is 1. The predicted molar refractivity (Wildman–Crippen MR) is 79.1 cm³/mol. The molecule has 1 fully saturated rings. The van der Waals surface area contributed by atoms with E-state index in [1.54, 1.807) is 0 Å². The van der Waals surface area contributed by atoms with Crippen LogP contribution in [0.3, 0.4) is 0 Å². The zero-order valence-electron chi connectivity index (χ0n) is 11.5. The minimum atomic E-state index is -3.93. The number of nitrogens with zero attached hydrogens (tertiary/aromatic N) is 1. The maximum atomic E-state index is 12.6. The van der Waals surface area contributed by atoms with Crippen molar-refractivity contribution in [2.45, 2.75) is 17.7 Å². The van der Waals surface area contributed by atoms with Gasteiger partial charge >= 0.3 is 5.97 Å². The number of carbonyl (C=O) groups is 2. The fourth-order valence-electron chi connectivity index (χ4n) is 2.37. The number of rotatable bonds is 4. The molecule has 1 aliphatic heterocycles. The number of piperidine rings is 1. The van der Waals surface area contributed by atoms with Crippen LogP contribution in [0.5, 0.6) is 0 Å². The fraction of sp³-hybridized carbons (Fsp3) is 0.385. The molecule has 0 aromatic heterocycles. The van der Waals surface area contributed by atoms with E-state index in [0.29, 0.717) is 12.8 Å². The first kappa shape index (κ1) is 16.7. The Bertz CT molecular complexity index is 719. The average molecular weight is 347 g/mol. The minimum absolute atomic E-state index is 0.0159. The van der Waals surface area contributed by atoms with Crippen molar-refractivity contribution in [2.75, 3.05) is 13.1 Å². The van der Waals surface area contributed by atoms with Crippen LogP contribution >= 0.6 is 11.6 Å². The van der Waals surface area contributed by atoms with Crippen LogP contribution in [0.4, 0.5) is 0 Å². The Morgan fingerprint density at radius 2 is 2.00 bits per heavy atom. The van der Waals surface area contributed by atoms with Crippen LogP contribution in [0.2, 0.25) is 5.02 Å². The van der Waals surface area contributed by atoms with Crippen molar-refractivity contribution < 1.29 is 23.1 Å². The van der Waals surface area contributed by atoms with Gasteiger partial charge in [-0.15, -0.1) is 0 Å². The highest BCUT2D eigenvalue weighted by molar-refractivity contribution is 7.89. The average Bonchev–Trinajstić information content (AvgIpc) is 2.46. The number of aliphatic carboxylic acids is 1. The second-order valence-corrected chi connectivity index (χ2v) is 7.45. The summed E-state index contributed by atoms with van der Waals surface area (Å²) in [5.74, 6) is -2.55. The first-order valence-corrected chi connectivity index (χ1v) is 8.37. The molecule has 1 unspecified atom stereocenters. The summed E-state index contributed by atoms with van der Waals surface area (Å²) >= 11 is 5.83. The summed E-state index contributed by atoms with van der Waals surface area (Å²) in [5, 5.41) is 9.12. The van der Waals surface area contributed by atoms with Crippen molar-refractivity contribution in [1.29, 1.82) is 0 Å². The van der Waals surface area contributed by atoms with Gasteiger partial charge in [0.1, 0.15) is 0 Å². The topological polar surface area (TPSA) is 118 Å². The number of halogens is 1. The van der Waals surface area contributed by atoms with E-state index in [2.05, 4.69) is 0 Å². The predicted octanol–water partition coefficient (Wildman–Crippen LogP) is 0.924. The molecule has 1 aromatic rings. The summed E-state index contributed by atoms with van der Waals surface area (Å²) in [6.07, 6.45) is 0.892. The number of carboxylic acids is 1. The second-order valence-electron chi connectivity index (χ2n) is 5.08. The van der Waals surface area contributed by atoms with E-state index in [1.165, 1.54) is 12.1 Å². The van der Waals surface area contributed by atoms with Gasteiger partial charge in [-0.05, 0) is 31.0 Å². The smallest absolute Gasteiger partial charge is 0.307 e. The van der Waals surface area contributed by atoms with Crippen molar-refractivity contribution in [1.82, 2.24) is 4.31 Å². The van der Waals surface area contributed by atoms with E-state index in [1.807, 2.05) is 0 Å². The Kier molecular flexibility index (Phi) is 4.74. The molecule has 0 spiro atoms. The van der Waals surface area contributed by atoms with Gasteiger partial charge in [-0.2, -0.15) is 4.31 Å². The molecule has 0 aliphatic carbocycles. The van der Waals surface area contributed by atoms with Crippen LogP contribution < -0.4 is 5.73 Å². The van der Waals surface area contributed by atoms with Gasteiger partial charge in [0.25, 0.3) is 0 Å². The molecule has 7 nitrogen and oxygen atoms in total. The van der Waals surface area contributed by atoms with Crippen LogP contribution in [0.25, 0.3) is 0 Å². The molecule has 1 amide bonds. The molecule has 120 valence electrons. The van der Waals surface area contributed by atoms with Gasteiger partial charge in [-0.1, -0.05) is 11.6 Å². The maximum Gasteiger partial charge on any atom is 0.307 e. The molecule has 1 aliphatic rings. The van der Waals surface area contributed by atoms with Crippen molar-refractivity contribution >= 4 is 33.5 Å². The maximum absolute atomic E-state index is 12.6. The number of hydrogen-bond donors (Lipinski definition) is 2. The number of carbonyl (C=O) groups excluding carboxylic acids is 1. The fourth-order valence-corrected chi connectivity index (χ4v) is 4.26. The summed E-state index contributed by atoms with van der Waals surface area (Å²) in [7, 11) is -3.93. The number of benzene rings is 1. The van der Waals surface area contributed by atoms with Crippen LogP contribution in [0, 0.1) is 5.92 Å². The Morgan fingerprint density at radius 1 is 1.32 bits per heavy atom. The Hall–Kier alpha value is -1.64. The lowest BCUT2D eigenvalue weighted by molar-refractivity contribution is -0.142. The summed E-state index contributed by atoms with van der Waals surface area (Å²) in [6, 6.07) is 3.64. The first-order chi connectivity index (χ1) is 10.2. The van der Waals surface area contributed by atoms with Gasteiger partial charge in [0.05, 0.1) is 10.8 Å². The minimum Gasteiger partial charge on any atom is -0.481 e. The van der Waals surface area contributed by atoms with Gasteiger partial charge < -0.3 is 10.8 Å². The van der Waals surface area contributed by atoms with Crippen LogP contribution in [0.15, 0.2) is 23.1 Å². The van der Waals surface area contributed by atoms with E-state index in [4.69, 9.17) is 22.4 Å². The van der Waals surface area contributed by atoms with Gasteiger partial charge in [0.2, 0.25) is 15.9 Å². The molecule has 0 saturated carbocycles. The second kappa shape index (κ2) is 6.23. The third-order valence-electron chi connectivity index (χ3n) is 3.53. The molecule has 3 N–H and O–H groups in total. The van der Waals surface area contributed by atoms with Crippen LogP contribution in [0.1, 0.15) is 23.2 Å². The van der Waals surface area contributed by atoms with E-state index in [9.17, 15) is 18.0 Å². The highest BCUT2D eigenvalue weighted by atomic mass is 35.5. The standard InChI is InChI=1S/C13H15ClN2O5S/c14-10-4-9(12(15)17)5-11(6-10)22(20,21)16-3-1-2-8(7-16)13(18)19/h4-6,8H,1-3,7H2,(H2,15,17)(H,18,19). The van der Waals surface area contributed by atoms with E-state index in [-0.39, 0.29) is 28.6 Å². The Balaban J connectivity index is 2.38. The normalized spacial score (nSPS) is 19.8. The first-order valence-electron chi connectivity index (χ1n) is 6.55. The van der Waals surface area contributed by atoms with Crippen molar-refractivity contribution in [3.63, 3.8) is 0 Å². The lowest BCUT2D eigenvalue weighted by Crippen LogP contribution is -2.42. The molecular weight excluding hydrogens is 332 g/mol. The number of primary amides is 1. The quantitative estimate of drug-likeness (QED) is 0.840. The van der Waals surface area contributed by atoms with Crippen molar-refractivity contribution in [3.05, 3.63) is 28.8 Å². The molecule has 9 heteroatoms. The lowest BCUT2D eigenvalue weighted by atomic mass is 10.0. The summed E-state index contributed by atoms with van der Waals surface area (Å²) in [6.45, 7) is 0.126. The Morgan fingerprint density at radius 3 is 2.59 bits per heavy atom. The molecule has 1 atom stereocenters. The number of hydrogen-bond acceptors (Lipinski definition) is 4. The summed E-state index contributed by atoms with van der Waals surface area (Å²) < 4.78 is 26.3. The summed E-state index contributed by atoms with van der Waals surface area (Å²) in [5.41, 5.74) is 5.14. The van der Waals surface area contributed by atoms with Gasteiger partial charge in [0, 0.05) is 23.7 Å². The molecule has 1 saturated heterocycles. The van der Waals surface area contributed by atoms with Crippen molar-refractivity contribution in [2.24, 2.45) is 11.7 Å². The van der Waals surface area contributed by atoms with Gasteiger partial charge in [-0.25, -0.2) is 8.42 Å². The number of carboxylic acid groups (broad SMARTS) is 1. The largest absolute Gasteiger partial charge is 0.481 e. The highest BCUT2D eigenvalue weighted by Gasteiger charge is 2.33. The van der Waals surface area contributed by atoms with Crippen LogP contribution in [-0.2, 0) is 14.8 Å². The molecule has 0 radical (unpaired) electrons. The van der Waals surface area contributed by atoms with Gasteiger partial charge in [-0.3, -0.25) is 9.59 Å². The van der Waals surface area contributed by atoms with Crippen molar-refractivity contribution in [3.8, 4) is 0 Å². The molecular formula is C13H15ClN2O5S. The monoisotopic (exact) mass is 346 g/mol. The number of sulfonamides is 1. The third kappa shape index (κ3) is 3.40. The highest BCUT2D eigenvalue weighted by Crippen LogP contribution is 2.26. The van der Waals surface area contributed by atoms with Gasteiger partial charge in [0.15, 0.2) is 0 Å². The van der Waals surface area contributed by atoms with Crippen LogP contribution in [-0.4, -0.2) is 42.8 Å². The Labute approximate surface area is 132 Å². The molecule has 2 rings (SSSR count). The molecule has 0 bridgehead atoms. The van der Waals surface area contributed by atoms with E-state index in [0.717, 1.165) is 10.4 Å². The van der Waals surface area contributed by atoms with E-state index < -0.39 is 27.8 Å². The number of nitrogens with two attached hydrogens (primary N) is 1. The SMILES string of the molecule is NC(=O)c1cc(Cl)cc(S(=O)(=O)N2CCCC(C(=O)O)C2)c1.